The maximum Gasteiger partial charge on any atom is 0.220 e. The number of likely N-dealkylation sites (N-methyl/N-ethyl adjacent to an activating group) is 1. The Labute approximate surface area is 172 Å². The number of carbonyl (C=O) groups is 1. The van der Waals surface area contributed by atoms with Crippen molar-refractivity contribution in [2.24, 2.45) is 5.92 Å². The topological polar surface area (TPSA) is 74.5 Å². The third-order valence-corrected chi connectivity index (χ3v) is 6.65. The second-order valence-corrected chi connectivity index (χ2v) is 8.57. The van der Waals surface area contributed by atoms with Crippen LogP contribution in [0.25, 0.3) is 11.0 Å². The summed E-state index contributed by atoms with van der Waals surface area (Å²) in [6, 6.07) is 6.68. The fourth-order valence-corrected chi connectivity index (χ4v) is 4.82. The van der Waals surface area contributed by atoms with E-state index in [-0.39, 0.29) is 5.91 Å². The molecule has 1 N–H and O–H groups in total. The summed E-state index contributed by atoms with van der Waals surface area (Å²) in [6.07, 6.45) is 6.50. The van der Waals surface area contributed by atoms with Gasteiger partial charge in [0.05, 0.1) is 0 Å². The zero-order chi connectivity index (χ0) is 20.1. The Balaban J connectivity index is 1.14. The van der Waals surface area contributed by atoms with Crippen LogP contribution in [0.3, 0.4) is 0 Å². The van der Waals surface area contributed by atoms with Gasteiger partial charge in [-0.15, -0.1) is 0 Å². The molecule has 0 aliphatic carbocycles. The Bertz CT molecular complexity index is 799. The lowest BCUT2D eigenvalue weighted by atomic mass is 9.92. The highest BCUT2D eigenvalue weighted by Gasteiger charge is 2.24. The van der Waals surface area contributed by atoms with E-state index in [1.54, 1.807) is 0 Å². The average Bonchev–Trinajstić information content (AvgIpc) is 3.40. The van der Waals surface area contributed by atoms with Crippen LogP contribution in [0.4, 0.5) is 0 Å². The van der Waals surface area contributed by atoms with Gasteiger partial charge in [-0.05, 0) is 92.2 Å². The molecule has 1 amide bonds. The monoisotopic (exact) mass is 399 g/mol. The lowest BCUT2D eigenvalue weighted by molar-refractivity contribution is -0.121. The number of aromatic nitrogens is 2. The van der Waals surface area contributed by atoms with Crippen molar-refractivity contribution in [2.45, 2.75) is 58.0 Å². The summed E-state index contributed by atoms with van der Waals surface area (Å²) in [5.41, 5.74) is 2.88. The molecule has 7 heteroatoms. The van der Waals surface area contributed by atoms with E-state index in [0.717, 1.165) is 50.2 Å². The van der Waals surface area contributed by atoms with E-state index in [1.165, 1.54) is 37.8 Å². The molecule has 2 saturated heterocycles. The average molecular weight is 400 g/mol. The molecular formula is C22H33N5O2. The standard InChI is InChI=1S/C22H33N5O2/c1-2-27-11-3-4-19(27)15-23-22(28)8-6-17-9-12-26(13-10-17)16-18-5-7-20-21(14-18)25-29-24-20/h5,7,14,17,19H,2-4,6,8-13,15-16H2,1H3,(H,23,28)/t19-/m1/s1. The van der Waals surface area contributed by atoms with Gasteiger partial charge in [0.25, 0.3) is 0 Å². The van der Waals surface area contributed by atoms with E-state index in [2.05, 4.69) is 44.5 Å². The van der Waals surface area contributed by atoms with Gasteiger partial charge in [0.2, 0.25) is 5.91 Å². The number of nitrogens with zero attached hydrogens (tertiary/aromatic N) is 4. The second-order valence-electron chi connectivity index (χ2n) is 8.57. The summed E-state index contributed by atoms with van der Waals surface area (Å²) in [5, 5.41) is 11.0. The van der Waals surface area contributed by atoms with Crippen LogP contribution in [0, 0.1) is 5.92 Å². The molecule has 0 radical (unpaired) electrons. The molecular weight excluding hydrogens is 366 g/mol. The minimum absolute atomic E-state index is 0.227. The molecule has 1 aromatic carbocycles. The number of piperidine rings is 1. The number of likely N-dealkylation sites (tertiary alicyclic amines) is 2. The first-order valence-corrected chi connectivity index (χ1v) is 11.2. The predicted octanol–water partition coefficient (Wildman–Crippen LogP) is 2.82. The summed E-state index contributed by atoms with van der Waals surface area (Å²) >= 11 is 0. The maximum absolute atomic E-state index is 12.3. The fourth-order valence-electron chi connectivity index (χ4n) is 4.82. The van der Waals surface area contributed by atoms with Gasteiger partial charge >= 0.3 is 0 Å². The molecule has 0 bridgehead atoms. The number of nitrogens with one attached hydrogen (secondary N) is 1. The second kappa shape index (κ2) is 9.67. The SMILES string of the molecule is CCN1CCC[C@@H]1CNC(=O)CCC1CCN(Cc2ccc3nonc3c2)CC1. The Morgan fingerprint density at radius 3 is 2.83 bits per heavy atom. The summed E-state index contributed by atoms with van der Waals surface area (Å²) in [7, 11) is 0. The normalized spacial score (nSPS) is 21.8. The Morgan fingerprint density at radius 1 is 1.17 bits per heavy atom. The lowest BCUT2D eigenvalue weighted by Crippen LogP contribution is -2.40. The van der Waals surface area contributed by atoms with E-state index in [4.69, 9.17) is 4.63 Å². The molecule has 0 spiro atoms. The fraction of sp³-hybridized carbons (Fsp3) is 0.682. The van der Waals surface area contributed by atoms with E-state index in [0.29, 0.717) is 18.4 Å². The molecule has 2 aliphatic heterocycles. The molecule has 0 saturated carbocycles. The molecule has 2 fully saturated rings. The van der Waals surface area contributed by atoms with Crippen LogP contribution >= 0.6 is 0 Å². The Morgan fingerprint density at radius 2 is 2.00 bits per heavy atom. The van der Waals surface area contributed by atoms with Crippen molar-refractivity contribution in [1.82, 2.24) is 25.4 Å². The molecule has 2 aliphatic rings. The van der Waals surface area contributed by atoms with E-state index < -0.39 is 0 Å². The first kappa shape index (κ1) is 20.3. The molecule has 7 nitrogen and oxygen atoms in total. The summed E-state index contributed by atoms with van der Waals surface area (Å²) < 4.78 is 4.78. The van der Waals surface area contributed by atoms with Crippen molar-refractivity contribution in [1.29, 1.82) is 0 Å². The van der Waals surface area contributed by atoms with Gasteiger partial charge in [0.1, 0.15) is 11.0 Å². The van der Waals surface area contributed by atoms with Gasteiger partial charge < -0.3 is 5.32 Å². The third-order valence-electron chi connectivity index (χ3n) is 6.65. The van der Waals surface area contributed by atoms with Crippen LogP contribution < -0.4 is 5.32 Å². The van der Waals surface area contributed by atoms with Crippen molar-refractivity contribution in [2.75, 3.05) is 32.7 Å². The van der Waals surface area contributed by atoms with Gasteiger partial charge in [-0.1, -0.05) is 13.0 Å². The third kappa shape index (κ3) is 5.34. The highest BCUT2D eigenvalue weighted by molar-refractivity contribution is 5.75. The first-order valence-electron chi connectivity index (χ1n) is 11.2. The number of hydrogen-bond donors (Lipinski definition) is 1. The molecule has 0 unspecified atom stereocenters. The van der Waals surface area contributed by atoms with E-state index in [1.807, 2.05) is 6.07 Å². The number of rotatable bonds is 8. The van der Waals surface area contributed by atoms with E-state index in [9.17, 15) is 4.79 Å². The number of benzene rings is 1. The van der Waals surface area contributed by atoms with Gasteiger partial charge in [-0.25, -0.2) is 4.63 Å². The van der Waals surface area contributed by atoms with E-state index >= 15 is 0 Å². The van der Waals surface area contributed by atoms with Crippen molar-refractivity contribution in [3.05, 3.63) is 23.8 Å². The number of hydrogen-bond acceptors (Lipinski definition) is 6. The highest BCUT2D eigenvalue weighted by Crippen LogP contribution is 2.24. The minimum atomic E-state index is 0.227. The van der Waals surface area contributed by atoms with Crippen LogP contribution in [-0.4, -0.2) is 64.8 Å². The maximum atomic E-state index is 12.3. The lowest BCUT2D eigenvalue weighted by Gasteiger charge is -2.32. The Hall–Kier alpha value is -1.99. The van der Waals surface area contributed by atoms with Gasteiger partial charge in [-0.2, -0.15) is 0 Å². The van der Waals surface area contributed by atoms with Crippen molar-refractivity contribution < 1.29 is 9.42 Å². The largest absolute Gasteiger partial charge is 0.355 e. The van der Waals surface area contributed by atoms with Crippen LogP contribution in [0.2, 0.25) is 0 Å². The zero-order valence-corrected chi connectivity index (χ0v) is 17.5. The van der Waals surface area contributed by atoms with Crippen LogP contribution in [0.5, 0.6) is 0 Å². The molecule has 4 rings (SSSR count). The highest BCUT2D eigenvalue weighted by atomic mass is 16.6. The van der Waals surface area contributed by atoms with Crippen LogP contribution in [0.1, 0.15) is 51.0 Å². The minimum Gasteiger partial charge on any atom is -0.355 e. The zero-order valence-electron chi connectivity index (χ0n) is 17.5. The van der Waals surface area contributed by atoms with Crippen LogP contribution in [-0.2, 0) is 11.3 Å². The predicted molar refractivity (Wildman–Crippen MR) is 112 cm³/mol. The number of fused-ring (bicyclic) bond motifs is 1. The van der Waals surface area contributed by atoms with Crippen molar-refractivity contribution in [3.8, 4) is 0 Å². The number of amides is 1. The first-order chi connectivity index (χ1) is 14.2. The smallest absolute Gasteiger partial charge is 0.220 e. The Kier molecular flexibility index (Phi) is 6.77. The summed E-state index contributed by atoms with van der Waals surface area (Å²) in [5.74, 6) is 0.891. The van der Waals surface area contributed by atoms with Crippen molar-refractivity contribution >= 4 is 16.9 Å². The molecule has 29 heavy (non-hydrogen) atoms. The summed E-state index contributed by atoms with van der Waals surface area (Å²) in [4.78, 5) is 17.2. The molecule has 158 valence electrons. The molecule has 1 atom stereocenters. The van der Waals surface area contributed by atoms with Crippen LogP contribution in [0.15, 0.2) is 22.8 Å². The molecule has 2 aromatic rings. The summed E-state index contributed by atoms with van der Waals surface area (Å²) in [6.45, 7) is 8.41. The van der Waals surface area contributed by atoms with Gasteiger partial charge in [-0.3, -0.25) is 14.6 Å². The van der Waals surface area contributed by atoms with Gasteiger partial charge in [0.15, 0.2) is 0 Å². The quantitative estimate of drug-likeness (QED) is 0.736. The van der Waals surface area contributed by atoms with Crippen molar-refractivity contribution in [3.63, 3.8) is 0 Å². The van der Waals surface area contributed by atoms with Gasteiger partial charge in [0, 0.05) is 25.6 Å². The number of carbonyl (C=O) groups excluding carboxylic acids is 1. The molecule has 1 aromatic heterocycles. The molecule has 3 heterocycles.